The summed E-state index contributed by atoms with van der Waals surface area (Å²) in [6.07, 6.45) is 2.09. The van der Waals surface area contributed by atoms with Gasteiger partial charge in [-0.05, 0) is 44.5 Å². The predicted octanol–water partition coefficient (Wildman–Crippen LogP) is 2.00. The van der Waals surface area contributed by atoms with Crippen LogP contribution in [0.5, 0.6) is 5.75 Å². The molecule has 0 spiro atoms. The van der Waals surface area contributed by atoms with Gasteiger partial charge in [0.2, 0.25) is 0 Å². The van der Waals surface area contributed by atoms with Crippen molar-refractivity contribution in [2.24, 2.45) is 0 Å². The van der Waals surface area contributed by atoms with Crippen LogP contribution in [-0.4, -0.2) is 33.1 Å². The Morgan fingerprint density at radius 3 is 2.37 bits per heavy atom. The van der Waals surface area contributed by atoms with Crippen LogP contribution in [0.2, 0.25) is 0 Å². The molecule has 0 saturated heterocycles. The summed E-state index contributed by atoms with van der Waals surface area (Å²) in [6.45, 7) is 5.44. The second-order valence-electron chi connectivity index (χ2n) is 4.97. The second kappa shape index (κ2) is 7.50. The van der Waals surface area contributed by atoms with Gasteiger partial charge in [-0.15, -0.1) is 0 Å². The molecule has 0 fully saturated rings. The van der Waals surface area contributed by atoms with Crippen molar-refractivity contribution < 1.29 is 13.2 Å². The number of benzene rings is 1. The molecule has 0 saturated carbocycles. The van der Waals surface area contributed by atoms with Gasteiger partial charge < -0.3 is 10.1 Å². The molecule has 0 bridgehead atoms. The lowest BCUT2D eigenvalue weighted by atomic mass is 10.2. The molecule has 0 heterocycles. The molecule has 0 aliphatic rings. The quantitative estimate of drug-likeness (QED) is 0.742. The number of ether oxygens (including phenoxy) is 1. The number of nitrogens with one attached hydrogen (secondary N) is 1. The van der Waals surface area contributed by atoms with Gasteiger partial charge in [-0.25, -0.2) is 8.42 Å². The Labute approximate surface area is 116 Å². The van der Waals surface area contributed by atoms with Gasteiger partial charge >= 0.3 is 0 Å². The maximum Gasteiger partial charge on any atom is 0.147 e. The summed E-state index contributed by atoms with van der Waals surface area (Å²) in [5.74, 6) is 1.11. The molecule has 0 aliphatic heterocycles. The first-order valence-corrected chi connectivity index (χ1v) is 8.57. The molecule has 1 rings (SSSR count). The van der Waals surface area contributed by atoms with Gasteiger partial charge in [0.1, 0.15) is 15.6 Å². The van der Waals surface area contributed by atoms with Gasteiger partial charge in [0.25, 0.3) is 0 Å². The van der Waals surface area contributed by atoms with Gasteiger partial charge in [0, 0.05) is 12.8 Å². The van der Waals surface area contributed by atoms with Crippen LogP contribution in [0.1, 0.15) is 25.8 Å². The zero-order chi connectivity index (χ0) is 14.3. The Balaban J connectivity index is 2.26. The maximum absolute atomic E-state index is 10.9. The Morgan fingerprint density at radius 2 is 1.84 bits per heavy atom. The van der Waals surface area contributed by atoms with Crippen molar-refractivity contribution >= 4 is 9.84 Å². The summed E-state index contributed by atoms with van der Waals surface area (Å²) in [7, 11) is -2.84. The second-order valence-corrected chi connectivity index (χ2v) is 7.23. The molecule has 4 nitrogen and oxygen atoms in total. The summed E-state index contributed by atoms with van der Waals surface area (Å²) >= 11 is 0. The SMILES string of the molecule is CC(C)Oc1ccc(CNCCCS(C)(=O)=O)cc1. The van der Waals surface area contributed by atoms with E-state index in [0.29, 0.717) is 13.0 Å². The van der Waals surface area contributed by atoms with E-state index in [4.69, 9.17) is 4.74 Å². The van der Waals surface area contributed by atoms with Crippen LogP contribution in [0.4, 0.5) is 0 Å². The number of sulfone groups is 1. The third-order valence-electron chi connectivity index (χ3n) is 2.49. The molecule has 1 aromatic carbocycles. The Bertz CT molecular complexity index is 466. The average molecular weight is 285 g/mol. The minimum absolute atomic E-state index is 0.181. The highest BCUT2D eigenvalue weighted by atomic mass is 32.2. The zero-order valence-electron chi connectivity index (χ0n) is 11.8. The molecule has 0 unspecified atom stereocenters. The van der Waals surface area contributed by atoms with Crippen LogP contribution in [-0.2, 0) is 16.4 Å². The van der Waals surface area contributed by atoms with Crippen LogP contribution in [0.15, 0.2) is 24.3 Å². The lowest BCUT2D eigenvalue weighted by Gasteiger charge is -2.10. The third kappa shape index (κ3) is 7.85. The van der Waals surface area contributed by atoms with Crippen LogP contribution in [0.3, 0.4) is 0 Å². The van der Waals surface area contributed by atoms with E-state index in [0.717, 1.165) is 17.9 Å². The highest BCUT2D eigenvalue weighted by molar-refractivity contribution is 7.90. The lowest BCUT2D eigenvalue weighted by Crippen LogP contribution is -2.17. The molecule has 0 amide bonds. The lowest BCUT2D eigenvalue weighted by molar-refractivity contribution is 0.242. The normalized spacial score (nSPS) is 11.8. The Morgan fingerprint density at radius 1 is 1.21 bits per heavy atom. The Kier molecular flexibility index (Phi) is 6.31. The summed E-state index contributed by atoms with van der Waals surface area (Å²) in [5, 5.41) is 3.23. The minimum Gasteiger partial charge on any atom is -0.491 e. The molecule has 0 atom stereocenters. The van der Waals surface area contributed by atoms with Crippen molar-refractivity contribution in [2.45, 2.75) is 32.9 Å². The molecule has 1 N–H and O–H groups in total. The number of rotatable bonds is 8. The van der Waals surface area contributed by atoms with E-state index in [1.165, 1.54) is 6.26 Å². The largest absolute Gasteiger partial charge is 0.491 e. The molecule has 108 valence electrons. The van der Waals surface area contributed by atoms with Crippen LogP contribution < -0.4 is 10.1 Å². The fourth-order valence-corrected chi connectivity index (χ4v) is 2.32. The van der Waals surface area contributed by atoms with Crippen molar-refractivity contribution in [3.05, 3.63) is 29.8 Å². The van der Waals surface area contributed by atoms with Crippen molar-refractivity contribution in [3.63, 3.8) is 0 Å². The first-order chi connectivity index (χ1) is 8.87. The molecule has 5 heteroatoms. The molecule has 0 radical (unpaired) electrons. The van der Waals surface area contributed by atoms with Gasteiger partial charge in [0.05, 0.1) is 11.9 Å². The van der Waals surface area contributed by atoms with E-state index >= 15 is 0 Å². The summed E-state index contributed by atoms with van der Waals surface area (Å²) in [6, 6.07) is 7.93. The standard InChI is InChI=1S/C14H23NO3S/c1-12(2)18-14-7-5-13(6-8-14)11-15-9-4-10-19(3,16)17/h5-8,12,15H,4,9-11H2,1-3H3. The van der Waals surface area contributed by atoms with Crippen molar-refractivity contribution in [2.75, 3.05) is 18.6 Å². The van der Waals surface area contributed by atoms with E-state index in [2.05, 4.69) is 5.32 Å². The monoisotopic (exact) mass is 285 g/mol. The van der Waals surface area contributed by atoms with Crippen LogP contribution in [0.25, 0.3) is 0 Å². The molecule has 1 aromatic rings. The van der Waals surface area contributed by atoms with E-state index in [-0.39, 0.29) is 11.9 Å². The highest BCUT2D eigenvalue weighted by Gasteiger charge is 2.01. The highest BCUT2D eigenvalue weighted by Crippen LogP contribution is 2.13. The molecular formula is C14H23NO3S. The fraction of sp³-hybridized carbons (Fsp3) is 0.571. The average Bonchev–Trinajstić information content (AvgIpc) is 2.28. The van der Waals surface area contributed by atoms with Crippen LogP contribution >= 0.6 is 0 Å². The summed E-state index contributed by atoms with van der Waals surface area (Å²) in [5.41, 5.74) is 1.16. The topological polar surface area (TPSA) is 55.4 Å². The van der Waals surface area contributed by atoms with E-state index < -0.39 is 9.84 Å². The molecule has 19 heavy (non-hydrogen) atoms. The van der Waals surface area contributed by atoms with Gasteiger partial charge in [0.15, 0.2) is 0 Å². The Hall–Kier alpha value is -1.07. The maximum atomic E-state index is 10.9. The molecule has 0 aromatic heterocycles. The van der Waals surface area contributed by atoms with Crippen molar-refractivity contribution in [1.29, 1.82) is 0 Å². The van der Waals surface area contributed by atoms with Crippen LogP contribution in [0, 0.1) is 0 Å². The molecule has 0 aliphatic carbocycles. The van der Waals surface area contributed by atoms with Gasteiger partial charge in [-0.1, -0.05) is 12.1 Å². The van der Waals surface area contributed by atoms with Gasteiger partial charge in [-0.2, -0.15) is 0 Å². The third-order valence-corrected chi connectivity index (χ3v) is 3.52. The summed E-state index contributed by atoms with van der Waals surface area (Å²) < 4.78 is 27.5. The van der Waals surface area contributed by atoms with E-state index in [1.807, 2.05) is 38.1 Å². The smallest absolute Gasteiger partial charge is 0.147 e. The van der Waals surface area contributed by atoms with Crippen molar-refractivity contribution in [3.8, 4) is 5.75 Å². The molecular weight excluding hydrogens is 262 g/mol. The number of hydrogen-bond donors (Lipinski definition) is 1. The fourth-order valence-electron chi connectivity index (χ4n) is 1.65. The minimum atomic E-state index is -2.84. The van der Waals surface area contributed by atoms with E-state index in [1.54, 1.807) is 0 Å². The van der Waals surface area contributed by atoms with E-state index in [9.17, 15) is 8.42 Å². The number of hydrogen-bond acceptors (Lipinski definition) is 4. The van der Waals surface area contributed by atoms with Gasteiger partial charge in [-0.3, -0.25) is 0 Å². The predicted molar refractivity (Wildman–Crippen MR) is 78.2 cm³/mol. The summed E-state index contributed by atoms with van der Waals surface area (Å²) in [4.78, 5) is 0. The van der Waals surface area contributed by atoms with Crippen molar-refractivity contribution in [1.82, 2.24) is 5.32 Å². The first-order valence-electron chi connectivity index (χ1n) is 6.51. The zero-order valence-corrected chi connectivity index (χ0v) is 12.7. The first kappa shape index (κ1) is 16.0.